The molecule has 3 aromatic rings. The highest BCUT2D eigenvalue weighted by Gasteiger charge is 2.30. The number of ether oxygens (including phenoxy) is 2. The quantitative estimate of drug-likeness (QED) is 0.474. The number of benzene rings is 2. The summed E-state index contributed by atoms with van der Waals surface area (Å²) < 4.78 is 9.47. The van der Waals surface area contributed by atoms with E-state index in [4.69, 9.17) is 4.74 Å². The van der Waals surface area contributed by atoms with Crippen LogP contribution in [-0.4, -0.2) is 48.1 Å². The predicted octanol–water partition coefficient (Wildman–Crippen LogP) is 2.67. The van der Waals surface area contributed by atoms with Crippen molar-refractivity contribution in [3.05, 3.63) is 54.1 Å². The Kier molecular flexibility index (Phi) is 6.36. The Morgan fingerprint density at radius 2 is 1.77 bits per heavy atom. The lowest BCUT2D eigenvalue weighted by molar-refractivity contribution is -0.153. The lowest BCUT2D eigenvalue weighted by Gasteiger charge is -2.20. The molecule has 0 radical (unpaired) electrons. The Balaban J connectivity index is 2.20. The van der Waals surface area contributed by atoms with E-state index in [9.17, 15) is 14.4 Å². The number of hydrogen-bond donors (Lipinski definition) is 0. The van der Waals surface area contributed by atoms with Crippen molar-refractivity contribution >= 4 is 34.7 Å². The molecule has 1 amide bonds. The van der Waals surface area contributed by atoms with Crippen LogP contribution in [0.5, 0.6) is 0 Å². The number of nitrogens with zero attached hydrogens (tertiary/aromatic N) is 3. The summed E-state index contributed by atoms with van der Waals surface area (Å²) in [5.41, 5.74) is 2.96. The summed E-state index contributed by atoms with van der Waals surface area (Å²) in [4.78, 5) is 46.5. The van der Waals surface area contributed by atoms with Crippen molar-refractivity contribution in [2.45, 2.75) is 13.8 Å². The van der Waals surface area contributed by atoms with Gasteiger partial charge in [0.25, 0.3) is 0 Å². The van der Waals surface area contributed by atoms with Crippen LogP contribution in [0.25, 0.3) is 22.2 Å². The zero-order chi connectivity index (χ0) is 21.7. The van der Waals surface area contributed by atoms with Crippen LogP contribution in [0.2, 0.25) is 0 Å². The van der Waals surface area contributed by atoms with Gasteiger partial charge in [-0.05, 0) is 26.0 Å². The van der Waals surface area contributed by atoms with Crippen molar-refractivity contribution in [1.82, 2.24) is 9.97 Å². The smallest absolute Gasteiger partial charge is 0.397 e. The number of aromatic nitrogens is 2. The molecule has 1 heterocycles. The minimum absolute atomic E-state index is 0.0176. The first kappa shape index (κ1) is 20.9. The number of hydrogen-bond acceptors (Lipinski definition) is 7. The van der Waals surface area contributed by atoms with Crippen molar-refractivity contribution in [3.8, 4) is 11.3 Å². The molecule has 1 aromatic heterocycles. The minimum Gasteiger partial charge on any atom is -0.468 e. The monoisotopic (exact) mass is 407 g/mol. The van der Waals surface area contributed by atoms with Gasteiger partial charge >= 0.3 is 17.8 Å². The molecule has 0 aliphatic carbocycles. The van der Waals surface area contributed by atoms with Gasteiger partial charge in [-0.2, -0.15) is 0 Å². The number of anilines is 1. The molecular formula is C22H21N3O5. The molecule has 30 heavy (non-hydrogen) atoms. The second-order valence-electron chi connectivity index (χ2n) is 6.45. The second-order valence-corrected chi connectivity index (χ2v) is 6.45. The molecule has 0 spiro atoms. The molecular weight excluding hydrogens is 386 g/mol. The lowest BCUT2D eigenvalue weighted by atomic mass is 10.0. The maximum Gasteiger partial charge on any atom is 0.397 e. The average Bonchev–Trinajstić information content (AvgIpc) is 2.76. The molecule has 0 fully saturated rings. The van der Waals surface area contributed by atoms with Crippen molar-refractivity contribution < 1.29 is 23.9 Å². The fraction of sp³-hybridized carbons (Fsp3) is 0.227. The van der Waals surface area contributed by atoms with E-state index < -0.39 is 24.4 Å². The molecule has 0 saturated carbocycles. The molecule has 0 aliphatic heterocycles. The summed E-state index contributed by atoms with van der Waals surface area (Å²) in [5.74, 6) is -2.96. The van der Waals surface area contributed by atoms with Gasteiger partial charge in [0.1, 0.15) is 6.54 Å². The number of aryl methyl sites for hydroxylation is 1. The molecule has 0 saturated heterocycles. The van der Waals surface area contributed by atoms with Crippen molar-refractivity contribution in [2.24, 2.45) is 0 Å². The van der Waals surface area contributed by atoms with Gasteiger partial charge < -0.3 is 9.47 Å². The highest BCUT2D eigenvalue weighted by Crippen LogP contribution is 2.29. The summed E-state index contributed by atoms with van der Waals surface area (Å²) in [6.07, 6.45) is 0. The second kappa shape index (κ2) is 9.13. The van der Waals surface area contributed by atoms with Crippen molar-refractivity contribution in [2.75, 3.05) is 25.2 Å². The Morgan fingerprint density at radius 1 is 1.03 bits per heavy atom. The van der Waals surface area contributed by atoms with E-state index in [0.717, 1.165) is 21.4 Å². The Labute approximate surface area is 173 Å². The SMILES string of the molecule is CCOC(=O)C(=O)N(CC(=O)OC)c1nc(-c2ccccc2)c2cc(C)ccc2n1. The predicted molar refractivity (Wildman–Crippen MR) is 111 cm³/mol. The third kappa shape index (κ3) is 4.43. The van der Waals surface area contributed by atoms with Crippen LogP contribution in [0.4, 0.5) is 5.95 Å². The molecule has 3 rings (SSSR count). The normalized spacial score (nSPS) is 10.5. The van der Waals surface area contributed by atoms with Gasteiger partial charge in [0.15, 0.2) is 0 Å². The lowest BCUT2D eigenvalue weighted by Crippen LogP contribution is -2.42. The molecule has 0 aliphatic rings. The van der Waals surface area contributed by atoms with E-state index in [0.29, 0.717) is 11.2 Å². The van der Waals surface area contributed by atoms with E-state index in [1.54, 1.807) is 13.0 Å². The van der Waals surface area contributed by atoms with Crippen LogP contribution in [0.3, 0.4) is 0 Å². The third-order valence-corrected chi connectivity index (χ3v) is 4.34. The zero-order valence-corrected chi connectivity index (χ0v) is 16.9. The highest BCUT2D eigenvalue weighted by molar-refractivity contribution is 6.38. The van der Waals surface area contributed by atoms with Crippen LogP contribution in [0, 0.1) is 6.92 Å². The van der Waals surface area contributed by atoms with E-state index in [2.05, 4.69) is 14.7 Å². The first-order chi connectivity index (χ1) is 14.4. The molecule has 154 valence electrons. The van der Waals surface area contributed by atoms with Crippen LogP contribution in [0.15, 0.2) is 48.5 Å². The molecule has 8 heteroatoms. The van der Waals surface area contributed by atoms with Crippen LogP contribution in [0.1, 0.15) is 12.5 Å². The van der Waals surface area contributed by atoms with Crippen molar-refractivity contribution in [3.63, 3.8) is 0 Å². The number of carbonyl (C=O) groups is 3. The van der Waals surface area contributed by atoms with Gasteiger partial charge in [0, 0.05) is 10.9 Å². The molecule has 8 nitrogen and oxygen atoms in total. The average molecular weight is 407 g/mol. The first-order valence-electron chi connectivity index (χ1n) is 9.33. The van der Waals surface area contributed by atoms with Crippen LogP contribution in [-0.2, 0) is 23.9 Å². The Morgan fingerprint density at radius 3 is 2.43 bits per heavy atom. The summed E-state index contributed by atoms with van der Waals surface area (Å²) in [7, 11) is 1.19. The molecule has 0 bridgehead atoms. The zero-order valence-electron chi connectivity index (χ0n) is 16.9. The van der Waals surface area contributed by atoms with Crippen molar-refractivity contribution in [1.29, 1.82) is 0 Å². The molecule has 0 unspecified atom stereocenters. The number of amides is 1. The van der Waals surface area contributed by atoms with Gasteiger partial charge in [-0.25, -0.2) is 14.8 Å². The first-order valence-corrected chi connectivity index (χ1v) is 9.33. The summed E-state index contributed by atoms with van der Waals surface area (Å²) >= 11 is 0. The molecule has 2 aromatic carbocycles. The highest BCUT2D eigenvalue weighted by atomic mass is 16.5. The van der Waals surface area contributed by atoms with Gasteiger partial charge in [-0.3, -0.25) is 14.5 Å². The fourth-order valence-electron chi connectivity index (χ4n) is 2.90. The summed E-state index contributed by atoms with van der Waals surface area (Å²) in [6, 6.07) is 15.0. The molecule has 0 atom stereocenters. The summed E-state index contributed by atoms with van der Waals surface area (Å²) in [5, 5.41) is 0.784. The van der Waals surface area contributed by atoms with Gasteiger partial charge in [0.2, 0.25) is 5.95 Å². The van der Waals surface area contributed by atoms with E-state index in [1.807, 2.05) is 49.4 Å². The summed E-state index contributed by atoms with van der Waals surface area (Å²) in [6.45, 7) is 3.03. The minimum atomic E-state index is -1.10. The Bertz CT molecular complexity index is 1100. The van der Waals surface area contributed by atoms with Gasteiger partial charge in [-0.1, -0.05) is 42.0 Å². The number of esters is 2. The number of carbonyl (C=O) groups excluding carboxylic acids is 3. The standard InChI is InChI=1S/C22H21N3O5/c1-4-30-21(28)20(27)25(13-18(26)29-3)22-23-17-11-10-14(2)12-16(17)19(24-22)15-8-6-5-7-9-15/h5-12H,4,13H2,1-3H3. The van der Waals surface area contributed by atoms with E-state index >= 15 is 0 Å². The maximum atomic E-state index is 12.7. The van der Waals surface area contributed by atoms with Crippen LogP contribution < -0.4 is 4.90 Å². The fourth-order valence-corrected chi connectivity index (χ4v) is 2.90. The third-order valence-electron chi connectivity index (χ3n) is 4.34. The van der Waals surface area contributed by atoms with E-state index in [-0.39, 0.29) is 12.6 Å². The molecule has 0 N–H and O–H groups in total. The largest absolute Gasteiger partial charge is 0.468 e. The van der Waals surface area contributed by atoms with Crippen LogP contribution >= 0.6 is 0 Å². The number of methoxy groups -OCH3 is 1. The van der Waals surface area contributed by atoms with Gasteiger partial charge in [0.05, 0.1) is 24.9 Å². The number of rotatable bonds is 5. The van der Waals surface area contributed by atoms with Gasteiger partial charge in [-0.15, -0.1) is 0 Å². The maximum absolute atomic E-state index is 12.7. The Hall–Kier alpha value is -3.81. The van der Waals surface area contributed by atoms with E-state index in [1.165, 1.54) is 7.11 Å². The number of fused-ring (bicyclic) bond motifs is 1. The topological polar surface area (TPSA) is 98.7 Å².